The molecule has 0 saturated carbocycles. The number of carbonyl (C=O) groups is 1. The number of fused-ring (bicyclic) bond motifs is 2. The molecule has 5 rings (SSSR count). The highest BCUT2D eigenvalue weighted by molar-refractivity contribution is 7.23. The number of rotatable bonds is 4. The molecular weight excluding hydrogens is 436 g/mol. The summed E-state index contributed by atoms with van der Waals surface area (Å²) in [6.07, 6.45) is 0.660. The molecule has 8 heteroatoms. The lowest BCUT2D eigenvalue weighted by Crippen LogP contribution is -2.52. The number of hydrogen-bond acceptors (Lipinski definition) is 6. The molecule has 0 radical (unpaired) electrons. The van der Waals surface area contributed by atoms with E-state index in [-0.39, 0.29) is 12.0 Å². The topological polar surface area (TPSA) is 60.9 Å². The molecule has 2 aliphatic heterocycles. The van der Waals surface area contributed by atoms with Crippen LogP contribution in [-0.4, -0.2) is 42.4 Å². The highest BCUT2D eigenvalue weighted by atomic mass is 35.5. The van der Waals surface area contributed by atoms with Gasteiger partial charge < -0.3 is 14.2 Å². The Morgan fingerprint density at radius 1 is 1.23 bits per heavy atom. The number of amides is 1. The molecule has 162 valence electrons. The van der Waals surface area contributed by atoms with Crippen LogP contribution in [0.4, 0.5) is 5.13 Å². The van der Waals surface area contributed by atoms with Crippen LogP contribution in [0, 0.1) is 6.92 Å². The Morgan fingerprint density at radius 2 is 2.00 bits per heavy atom. The molecule has 6 nitrogen and oxygen atoms in total. The number of hydrogen-bond donors (Lipinski definition) is 0. The first-order valence-corrected chi connectivity index (χ1v) is 11.6. The fourth-order valence-electron chi connectivity index (χ4n) is 4.00. The Bertz CT molecular complexity index is 1090. The number of ether oxygens (including phenoxy) is 3. The molecule has 0 aliphatic carbocycles. The first kappa shape index (κ1) is 20.5. The van der Waals surface area contributed by atoms with E-state index in [4.69, 9.17) is 30.8 Å². The van der Waals surface area contributed by atoms with E-state index in [1.807, 2.05) is 50.2 Å². The van der Waals surface area contributed by atoms with Crippen LogP contribution in [0.3, 0.4) is 0 Å². The minimum absolute atomic E-state index is 0.0281. The third kappa shape index (κ3) is 3.86. The van der Waals surface area contributed by atoms with Gasteiger partial charge in [0.1, 0.15) is 6.10 Å². The second-order valence-corrected chi connectivity index (χ2v) is 9.32. The van der Waals surface area contributed by atoms with Gasteiger partial charge in [-0.1, -0.05) is 41.1 Å². The summed E-state index contributed by atoms with van der Waals surface area (Å²) in [6.45, 7) is 4.97. The average molecular weight is 459 g/mol. The van der Waals surface area contributed by atoms with Crippen LogP contribution in [0.25, 0.3) is 10.2 Å². The number of aryl methyl sites for hydroxylation is 1. The lowest BCUT2D eigenvalue weighted by molar-refractivity contribution is -0.131. The summed E-state index contributed by atoms with van der Waals surface area (Å²) < 4.78 is 18.8. The molecule has 31 heavy (non-hydrogen) atoms. The van der Waals surface area contributed by atoms with Crippen LogP contribution in [0.1, 0.15) is 25.3 Å². The maximum atomic E-state index is 13.8. The number of halogens is 1. The lowest BCUT2D eigenvalue weighted by atomic mass is 10.1. The zero-order valence-corrected chi connectivity index (χ0v) is 18.9. The summed E-state index contributed by atoms with van der Waals surface area (Å²) in [4.78, 5) is 20.2. The molecule has 0 N–H and O–H groups in total. The summed E-state index contributed by atoms with van der Waals surface area (Å²) in [5, 5.41) is 1.23. The fourth-order valence-corrected chi connectivity index (χ4v) is 5.34. The molecule has 1 amide bonds. The summed E-state index contributed by atoms with van der Waals surface area (Å²) in [7, 11) is 0. The van der Waals surface area contributed by atoms with Gasteiger partial charge in [0.2, 0.25) is 6.10 Å². The molecule has 2 aliphatic rings. The number of carbonyl (C=O) groups excluding carboxylic acids is 1. The minimum Gasteiger partial charge on any atom is -0.482 e. The smallest absolute Gasteiger partial charge is 0.273 e. The van der Waals surface area contributed by atoms with Gasteiger partial charge in [-0.15, -0.1) is 0 Å². The van der Waals surface area contributed by atoms with Crippen molar-refractivity contribution < 1.29 is 19.0 Å². The second kappa shape index (κ2) is 8.30. The Balaban J connectivity index is 1.51. The minimum atomic E-state index is -0.778. The molecule has 3 aromatic rings. The lowest BCUT2D eigenvalue weighted by Gasteiger charge is -2.34. The number of aromatic nitrogens is 1. The zero-order valence-electron chi connectivity index (χ0n) is 17.3. The van der Waals surface area contributed by atoms with Crippen molar-refractivity contribution in [2.24, 2.45) is 0 Å². The molecule has 2 aromatic carbocycles. The van der Waals surface area contributed by atoms with Gasteiger partial charge in [-0.3, -0.25) is 9.69 Å². The van der Waals surface area contributed by atoms with Gasteiger partial charge in [-0.05, 0) is 50.5 Å². The van der Waals surface area contributed by atoms with Crippen LogP contribution in [-0.2, 0) is 9.53 Å². The van der Waals surface area contributed by atoms with Crippen LogP contribution in [0.2, 0.25) is 5.02 Å². The fraction of sp³-hybridized carbons (Fsp3) is 0.391. The summed E-state index contributed by atoms with van der Waals surface area (Å²) in [5.41, 5.74) is 1.84. The van der Waals surface area contributed by atoms with E-state index < -0.39 is 12.2 Å². The molecule has 0 bridgehead atoms. The Labute approximate surface area is 189 Å². The number of benzene rings is 2. The number of para-hydroxylation sites is 2. The molecule has 3 atom stereocenters. The van der Waals surface area contributed by atoms with Gasteiger partial charge in [0, 0.05) is 6.61 Å². The normalized spacial score (nSPS) is 22.6. The van der Waals surface area contributed by atoms with E-state index in [1.165, 1.54) is 11.3 Å². The van der Waals surface area contributed by atoms with Gasteiger partial charge >= 0.3 is 0 Å². The molecule has 3 heterocycles. The quantitative estimate of drug-likeness (QED) is 0.550. The highest BCUT2D eigenvalue weighted by Crippen LogP contribution is 2.38. The SMILES string of the molecule is Cc1ccc(Cl)c2sc(N(CC3CCCO3)C(=O)C3Oc4ccccc4OC3C)nc12. The average Bonchev–Trinajstić information content (AvgIpc) is 3.44. The highest BCUT2D eigenvalue weighted by Gasteiger charge is 2.39. The van der Waals surface area contributed by atoms with Crippen molar-refractivity contribution in [3.63, 3.8) is 0 Å². The molecule has 3 unspecified atom stereocenters. The summed E-state index contributed by atoms with van der Waals surface area (Å²) in [5.74, 6) is 1.02. The van der Waals surface area contributed by atoms with Gasteiger partial charge in [-0.25, -0.2) is 4.98 Å². The van der Waals surface area contributed by atoms with Gasteiger partial charge in [0.05, 0.1) is 27.9 Å². The van der Waals surface area contributed by atoms with Gasteiger partial charge in [0.25, 0.3) is 5.91 Å². The van der Waals surface area contributed by atoms with E-state index in [2.05, 4.69) is 0 Å². The van der Waals surface area contributed by atoms with Crippen molar-refractivity contribution in [2.45, 2.75) is 45.0 Å². The van der Waals surface area contributed by atoms with E-state index in [0.29, 0.717) is 34.8 Å². The summed E-state index contributed by atoms with van der Waals surface area (Å²) >= 11 is 7.84. The van der Waals surface area contributed by atoms with Crippen LogP contribution in [0.5, 0.6) is 11.5 Å². The standard InChI is InChI=1S/C23H23ClN2O4S/c1-13-9-10-16(24)21-19(13)25-23(31-21)26(12-15-6-5-11-28-15)22(27)20-14(2)29-17-7-3-4-8-18(17)30-20/h3-4,7-10,14-15,20H,5-6,11-12H2,1-2H3. The maximum absolute atomic E-state index is 13.8. The van der Waals surface area contributed by atoms with Crippen LogP contribution >= 0.6 is 22.9 Å². The van der Waals surface area contributed by atoms with E-state index >= 15 is 0 Å². The third-order valence-electron chi connectivity index (χ3n) is 5.68. The first-order valence-electron chi connectivity index (χ1n) is 10.4. The number of anilines is 1. The third-order valence-corrected chi connectivity index (χ3v) is 7.22. The van der Waals surface area contributed by atoms with Crippen molar-refractivity contribution in [3.8, 4) is 11.5 Å². The van der Waals surface area contributed by atoms with Crippen molar-refractivity contribution in [1.82, 2.24) is 4.98 Å². The maximum Gasteiger partial charge on any atom is 0.273 e. The van der Waals surface area contributed by atoms with E-state index in [1.54, 1.807) is 4.90 Å². The van der Waals surface area contributed by atoms with E-state index in [0.717, 1.165) is 28.6 Å². The predicted molar refractivity (Wildman–Crippen MR) is 122 cm³/mol. The van der Waals surface area contributed by atoms with Crippen molar-refractivity contribution in [2.75, 3.05) is 18.1 Å². The Morgan fingerprint density at radius 3 is 2.71 bits per heavy atom. The van der Waals surface area contributed by atoms with Crippen molar-refractivity contribution >= 4 is 44.2 Å². The van der Waals surface area contributed by atoms with Crippen LogP contribution < -0.4 is 14.4 Å². The van der Waals surface area contributed by atoms with Gasteiger partial charge in [0.15, 0.2) is 16.6 Å². The van der Waals surface area contributed by atoms with Crippen molar-refractivity contribution in [3.05, 3.63) is 47.0 Å². The molecular formula is C23H23ClN2O4S. The molecule has 0 spiro atoms. The van der Waals surface area contributed by atoms with Crippen molar-refractivity contribution in [1.29, 1.82) is 0 Å². The van der Waals surface area contributed by atoms with E-state index in [9.17, 15) is 4.79 Å². The molecule has 1 fully saturated rings. The second-order valence-electron chi connectivity index (χ2n) is 7.93. The van der Waals surface area contributed by atoms with Gasteiger partial charge in [-0.2, -0.15) is 0 Å². The predicted octanol–water partition coefficient (Wildman–Crippen LogP) is 5.00. The zero-order chi connectivity index (χ0) is 21.5. The number of nitrogens with zero attached hydrogens (tertiary/aromatic N) is 2. The van der Waals surface area contributed by atoms with Crippen LogP contribution in [0.15, 0.2) is 36.4 Å². The molecule has 1 saturated heterocycles. The summed E-state index contributed by atoms with van der Waals surface area (Å²) in [6, 6.07) is 11.2. The monoisotopic (exact) mass is 458 g/mol. The Kier molecular flexibility index (Phi) is 5.50. The largest absolute Gasteiger partial charge is 0.482 e. The molecule has 1 aromatic heterocycles. The first-order chi connectivity index (χ1) is 15.0. The number of thiazole rings is 1. The Hall–Kier alpha value is -2.35.